The summed E-state index contributed by atoms with van der Waals surface area (Å²) in [5.74, 6) is 0.473. The molecule has 1 atom stereocenters. The lowest BCUT2D eigenvalue weighted by molar-refractivity contribution is -0.00000508. The van der Waals surface area contributed by atoms with Gasteiger partial charge in [-0.2, -0.15) is 4.99 Å². The molecule has 24 heavy (non-hydrogen) atoms. The zero-order valence-electron chi connectivity index (χ0n) is 13.4. The summed E-state index contributed by atoms with van der Waals surface area (Å²) in [5, 5.41) is 0.637. The number of nitrogens with two attached hydrogens (primary N) is 2. The predicted molar refractivity (Wildman–Crippen MR) is 95.8 cm³/mol. The number of aliphatic imine (C=N–C) groups is 2. The number of nitrogens with zero attached hydrogens (tertiary/aromatic N) is 3. The van der Waals surface area contributed by atoms with Crippen molar-refractivity contribution < 1.29 is 12.4 Å². The molecule has 126 valence electrons. The number of guanidine groups is 2. The molecule has 0 radical (unpaired) electrons. The van der Waals surface area contributed by atoms with E-state index in [-0.39, 0.29) is 18.4 Å². The third kappa shape index (κ3) is 3.63. The maximum absolute atomic E-state index is 6.15. The smallest absolute Gasteiger partial charge is 0.221 e. The van der Waals surface area contributed by atoms with Crippen molar-refractivity contribution in [3.05, 3.63) is 64.2 Å². The Morgan fingerprint density at radius 1 is 1.04 bits per heavy atom. The zero-order valence-corrected chi connectivity index (χ0v) is 14.9. The van der Waals surface area contributed by atoms with Crippen LogP contribution in [-0.4, -0.2) is 11.9 Å². The van der Waals surface area contributed by atoms with Crippen molar-refractivity contribution in [3.8, 4) is 0 Å². The minimum absolute atomic E-state index is 0. The molecule has 0 aliphatic carbocycles. The third-order valence-electron chi connectivity index (χ3n) is 3.61. The predicted octanol–water partition coefficient (Wildman–Crippen LogP) is 0.109. The quantitative estimate of drug-likeness (QED) is 0.795. The van der Waals surface area contributed by atoms with Crippen LogP contribution < -0.4 is 28.8 Å². The van der Waals surface area contributed by atoms with Gasteiger partial charge in [-0.05, 0) is 54.8 Å². The SMILES string of the molecule is Cc1cc(C)cc(N2C(N)=NC(N)=NC2c2cccc(Cl)c2)c1.[Cl-]. The van der Waals surface area contributed by atoms with E-state index in [4.69, 9.17) is 23.1 Å². The second kappa shape index (κ2) is 7.11. The van der Waals surface area contributed by atoms with Crippen molar-refractivity contribution in [2.75, 3.05) is 4.90 Å². The number of benzene rings is 2. The van der Waals surface area contributed by atoms with E-state index in [9.17, 15) is 0 Å². The molecular weight excluding hydrogens is 345 g/mol. The van der Waals surface area contributed by atoms with Crippen LogP contribution in [0.4, 0.5) is 5.69 Å². The van der Waals surface area contributed by atoms with Gasteiger partial charge in [0.2, 0.25) is 11.9 Å². The van der Waals surface area contributed by atoms with Gasteiger partial charge in [0.15, 0.2) is 6.17 Å². The Balaban J connectivity index is 0.00000208. The van der Waals surface area contributed by atoms with E-state index < -0.39 is 6.17 Å². The summed E-state index contributed by atoms with van der Waals surface area (Å²) in [5.41, 5.74) is 16.1. The summed E-state index contributed by atoms with van der Waals surface area (Å²) < 4.78 is 0. The van der Waals surface area contributed by atoms with Crippen LogP contribution in [0.5, 0.6) is 0 Å². The van der Waals surface area contributed by atoms with Gasteiger partial charge in [0.25, 0.3) is 0 Å². The molecule has 1 unspecified atom stereocenters. The van der Waals surface area contributed by atoms with E-state index in [2.05, 4.69) is 16.1 Å². The van der Waals surface area contributed by atoms with Crippen molar-refractivity contribution >= 4 is 29.2 Å². The Labute approximate surface area is 152 Å². The van der Waals surface area contributed by atoms with Gasteiger partial charge in [0.05, 0.1) is 0 Å². The van der Waals surface area contributed by atoms with Gasteiger partial charge in [-0.1, -0.05) is 29.8 Å². The van der Waals surface area contributed by atoms with Gasteiger partial charge in [0.1, 0.15) is 0 Å². The van der Waals surface area contributed by atoms with Crippen LogP contribution in [0, 0.1) is 13.8 Å². The second-order valence-corrected chi connectivity index (χ2v) is 6.04. The van der Waals surface area contributed by atoms with Crippen molar-refractivity contribution in [1.82, 2.24) is 0 Å². The molecule has 0 spiro atoms. The van der Waals surface area contributed by atoms with Crippen molar-refractivity contribution in [3.63, 3.8) is 0 Å². The molecule has 0 fully saturated rings. The summed E-state index contributed by atoms with van der Waals surface area (Å²) in [6.07, 6.45) is -0.396. The van der Waals surface area contributed by atoms with Crippen LogP contribution in [0.15, 0.2) is 52.4 Å². The molecule has 0 aromatic heterocycles. The maximum Gasteiger partial charge on any atom is 0.221 e. The van der Waals surface area contributed by atoms with E-state index in [1.165, 1.54) is 0 Å². The average Bonchev–Trinajstić information content (AvgIpc) is 2.45. The molecule has 0 saturated heterocycles. The summed E-state index contributed by atoms with van der Waals surface area (Å²) >= 11 is 6.12. The molecule has 0 bridgehead atoms. The van der Waals surface area contributed by atoms with Crippen LogP contribution in [-0.2, 0) is 0 Å². The minimum Gasteiger partial charge on any atom is -1.00 e. The second-order valence-electron chi connectivity index (χ2n) is 5.60. The van der Waals surface area contributed by atoms with Crippen LogP contribution >= 0.6 is 11.6 Å². The number of halogens is 2. The first-order valence-corrected chi connectivity index (χ1v) is 7.62. The average molecular weight is 363 g/mol. The standard InChI is InChI=1S/C17H18ClN5.ClH/c1-10-6-11(2)8-14(7-10)23-15(21-16(19)22-17(23)20)12-4-3-5-13(18)9-12;/h3-9,15H,1-2H3,(H4,19,20,21,22);1H/p-1. The first-order chi connectivity index (χ1) is 10.9. The first-order valence-electron chi connectivity index (χ1n) is 7.24. The summed E-state index contributed by atoms with van der Waals surface area (Å²) in [4.78, 5) is 10.4. The van der Waals surface area contributed by atoms with E-state index in [1.807, 2.05) is 55.1 Å². The summed E-state index contributed by atoms with van der Waals surface area (Å²) in [6, 6.07) is 13.7. The van der Waals surface area contributed by atoms with Crippen LogP contribution in [0.25, 0.3) is 0 Å². The number of rotatable bonds is 2. The normalized spacial score (nSPS) is 17.0. The van der Waals surface area contributed by atoms with Gasteiger partial charge < -0.3 is 23.9 Å². The number of hydrogen-bond donors (Lipinski definition) is 2. The number of anilines is 1. The Morgan fingerprint density at radius 2 is 1.71 bits per heavy atom. The Hall–Kier alpha value is -2.24. The van der Waals surface area contributed by atoms with E-state index in [0.717, 1.165) is 22.4 Å². The van der Waals surface area contributed by atoms with Crippen LogP contribution in [0.1, 0.15) is 22.9 Å². The van der Waals surface area contributed by atoms with E-state index >= 15 is 0 Å². The molecule has 1 aliphatic heterocycles. The van der Waals surface area contributed by atoms with Crippen molar-refractivity contribution in [1.29, 1.82) is 0 Å². The number of aryl methyl sites for hydroxylation is 2. The molecular formula is C17H18Cl2N5-. The van der Waals surface area contributed by atoms with Gasteiger partial charge in [-0.15, -0.1) is 0 Å². The molecule has 5 nitrogen and oxygen atoms in total. The molecule has 2 aromatic carbocycles. The Bertz CT molecular complexity index is 796. The highest BCUT2D eigenvalue weighted by Crippen LogP contribution is 2.32. The minimum atomic E-state index is -0.396. The molecule has 0 amide bonds. The molecule has 7 heteroatoms. The molecule has 4 N–H and O–H groups in total. The first kappa shape index (κ1) is 18.1. The topological polar surface area (TPSA) is 80.0 Å². The van der Waals surface area contributed by atoms with Crippen molar-refractivity contribution in [2.45, 2.75) is 20.0 Å². The molecule has 1 heterocycles. The van der Waals surface area contributed by atoms with E-state index in [1.54, 1.807) is 0 Å². The van der Waals surface area contributed by atoms with Crippen LogP contribution in [0.2, 0.25) is 5.02 Å². The molecule has 2 aromatic rings. The van der Waals surface area contributed by atoms with E-state index in [0.29, 0.717) is 11.0 Å². The highest BCUT2D eigenvalue weighted by atomic mass is 35.5. The fraction of sp³-hybridized carbons (Fsp3) is 0.176. The largest absolute Gasteiger partial charge is 1.00 e. The van der Waals surface area contributed by atoms with Gasteiger partial charge >= 0.3 is 0 Å². The molecule has 0 saturated carbocycles. The summed E-state index contributed by atoms with van der Waals surface area (Å²) in [6.45, 7) is 4.08. The summed E-state index contributed by atoms with van der Waals surface area (Å²) in [7, 11) is 0. The van der Waals surface area contributed by atoms with Gasteiger partial charge in [0, 0.05) is 10.7 Å². The molecule has 3 rings (SSSR count). The van der Waals surface area contributed by atoms with Crippen molar-refractivity contribution in [2.24, 2.45) is 21.5 Å². The number of hydrogen-bond acceptors (Lipinski definition) is 5. The highest BCUT2D eigenvalue weighted by molar-refractivity contribution is 6.30. The molecule has 1 aliphatic rings. The fourth-order valence-electron chi connectivity index (χ4n) is 2.76. The van der Waals surface area contributed by atoms with Crippen LogP contribution in [0.3, 0.4) is 0 Å². The Morgan fingerprint density at radius 3 is 2.33 bits per heavy atom. The highest BCUT2D eigenvalue weighted by Gasteiger charge is 2.27. The fourth-order valence-corrected chi connectivity index (χ4v) is 2.96. The zero-order chi connectivity index (χ0) is 16.6. The third-order valence-corrected chi connectivity index (χ3v) is 3.84. The lowest BCUT2D eigenvalue weighted by atomic mass is 10.1. The maximum atomic E-state index is 6.15. The lowest BCUT2D eigenvalue weighted by Crippen LogP contribution is -3.00. The van der Waals surface area contributed by atoms with Gasteiger partial charge in [-0.25, -0.2) is 4.99 Å². The monoisotopic (exact) mass is 362 g/mol. The van der Waals surface area contributed by atoms with Gasteiger partial charge in [-0.3, -0.25) is 4.90 Å². The lowest BCUT2D eigenvalue weighted by Gasteiger charge is -2.33. The Kier molecular flexibility index (Phi) is 5.36.